The first-order valence-electron chi connectivity index (χ1n) is 10.0. The maximum atomic E-state index is 12.0. The molecule has 1 aliphatic rings. The molecule has 1 heterocycles. The summed E-state index contributed by atoms with van der Waals surface area (Å²) in [6.45, 7) is 1.22. The third-order valence-corrected chi connectivity index (χ3v) is 5.11. The highest BCUT2D eigenvalue weighted by molar-refractivity contribution is 5.93. The Morgan fingerprint density at radius 3 is 2.70 bits per heavy atom. The van der Waals surface area contributed by atoms with Crippen molar-refractivity contribution < 1.29 is 19.0 Å². The fourth-order valence-electron chi connectivity index (χ4n) is 3.53. The first kappa shape index (κ1) is 19.8. The van der Waals surface area contributed by atoms with Crippen molar-refractivity contribution in [3.63, 3.8) is 0 Å². The molecule has 0 amide bonds. The van der Waals surface area contributed by atoms with Gasteiger partial charge in [-0.2, -0.15) is 0 Å². The summed E-state index contributed by atoms with van der Waals surface area (Å²) >= 11 is 0. The van der Waals surface area contributed by atoms with Crippen LogP contribution in [0.4, 0.5) is 0 Å². The summed E-state index contributed by atoms with van der Waals surface area (Å²) in [6.07, 6.45) is 5.55. The van der Waals surface area contributed by atoms with E-state index in [2.05, 4.69) is 24.3 Å². The monoisotopic (exact) mass is 400 g/mol. The van der Waals surface area contributed by atoms with E-state index in [0.717, 1.165) is 34.6 Å². The van der Waals surface area contributed by atoms with E-state index in [4.69, 9.17) is 14.2 Å². The molecule has 0 saturated heterocycles. The van der Waals surface area contributed by atoms with E-state index < -0.39 is 0 Å². The highest BCUT2D eigenvalue weighted by Crippen LogP contribution is 2.34. The van der Waals surface area contributed by atoms with Gasteiger partial charge in [0.2, 0.25) is 0 Å². The zero-order valence-electron chi connectivity index (χ0n) is 17.0. The number of rotatable bonds is 7. The van der Waals surface area contributed by atoms with Crippen LogP contribution in [0, 0.1) is 0 Å². The van der Waals surface area contributed by atoms with Crippen LogP contribution in [0.5, 0.6) is 11.5 Å². The van der Waals surface area contributed by atoms with E-state index in [9.17, 15) is 4.79 Å². The number of carbonyl (C=O) groups is 1. The lowest BCUT2D eigenvalue weighted by Crippen LogP contribution is -2.03. The number of esters is 1. The summed E-state index contributed by atoms with van der Waals surface area (Å²) in [6, 6.07) is 21.7. The van der Waals surface area contributed by atoms with Gasteiger partial charge < -0.3 is 14.2 Å². The first-order valence-corrected chi connectivity index (χ1v) is 10.0. The van der Waals surface area contributed by atoms with Gasteiger partial charge in [-0.05, 0) is 35.7 Å². The van der Waals surface area contributed by atoms with Crippen molar-refractivity contribution in [3.05, 3.63) is 101 Å². The number of carbonyl (C=O) groups excluding carboxylic acids is 1. The minimum atomic E-state index is -0.340. The number of fused-ring (bicyclic) bond motifs is 1. The number of hydrogen-bond acceptors (Lipinski definition) is 4. The van der Waals surface area contributed by atoms with Crippen LogP contribution in [-0.2, 0) is 24.2 Å². The molecule has 0 spiro atoms. The van der Waals surface area contributed by atoms with Gasteiger partial charge in [-0.25, -0.2) is 4.79 Å². The fourth-order valence-corrected chi connectivity index (χ4v) is 3.53. The molecule has 152 valence electrons. The first-order chi connectivity index (χ1) is 14.7. The molecule has 30 heavy (non-hydrogen) atoms. The van der Waals surface area contributed by atoms with Gasteiger partial charge >= 0.3 is 5.97 Å². The number of benzene rings is 3. The van der Waals surface area contributed by atoms with Crippen LogP contribution in [-0.4, -0.2) is 19.7 Å². The lowest BCUT2D eigenvalue weighted by Gasteiger charge is -2.13. The summed E-state index contributed by atoms with van der Waals surface area (Å²) < 4.78 is 16.8. The average molecular weight is 400 g/mol. The van der Waals surface area contributed by atoms with E-state index in [1.165, 1.54) is 12.7 Å². The summed E-state index contributed by atoms with van der Waals surface area (Å²) in [5, 5.41) is 0. The van der Waals surface area contributed by atoms with Gasteiger partial charge in [-0.1, -0.05) is 60.7 Å². The summed E-state index contributed by atoms with van der Waals surface area (Å²) in [5.74, 6) is 1.46. The molecule has 0 N–H and O–H groups in total. The van der Waals surface area contributed by atoms with Gasteiger partial charge in [0.25, 0.3) is 0 Å². The molecule has 4 rings (SSSR count). The SMILES string of the molecule is COC(=O)c1ccccc1/C=C/Cc1cc2c(cc1OCc1ccccc1)CCO2. The lowest BCUT2D eigenvalue weighted by atomic mass is 10.0. The molecule has 0 saturated carbocycles. The second-order valence-electron chi connectivity index (χ2n) is 7.13. The van der Waals surface area contributed by atoms with Crippen LogP contribution in [0.25, 0.3) is 6.08 Å². The molecular formula is C26H24O4. The standard InChI is InChI=1S/C26H24O4/c1-28-26(27)23-13-6-5-10-20(23)11-7-12-21-16-24-22(14-15-29-24)17-25(21)30-18-19-8-3-2-4-9-19/h2-11,13,16-17H,12,14-15,18H2,1H3/b11-7+. The minimum Gasteiger partial charge on any atom is -0.493 e. The van der Waals surface area contributed by atoms with Gasteiger partial charge in [0, 0.05) is 17.5 Å². The van der Waals surface area contributed by atoms with Gasteiger partial charge in [0.05, 0.1) is 19.3 Å². The fraction of sp³-hybridized carbons (Fsp3) is 0.192. The van der Waals surface area contributed by atoms with E-state index in [-0.39, 0.29) is 5.97 Å². The Bertz CT molecular complexity index is 1050. The van der Waals surface area contributed by atoms with Crippen molar-refractivity contribution in [2.24, 2.45) is 0 Å². The highest BCUT2D eigenvalue weighted by atomic mass is 16.5. The number of hydrogen-bond donors (Lipinski definition) is 0. The zero-order chi connectivity index (χ0) is 20.8. The Morgan fingerprint density at radius 2 is 1.87 bits per heavy atom. The quantitative estimate of drug-likeness (QED) is 0.509. The van der Waals surface area contributed by atoms with Crippen molar-refractivity contribution in [2.45, 2.75) is 19.4 Å². The maximum absolute atomic E-state index is 12.0. The molecule has 0 bridgehead atoms. The molecule has 1 aliphatic heterocycles. The third-order valence-electron chi connectivity index (χ3n) is 5.11. The molecule has 0 unspecified atom stereocenters. The van der Waals surface area contributed by atoms with E-state index >= 15 is 0 Å². The molecule has 4 heteroatoms. The number of methoxy groups -OCH3 is 1. The molecule has 3 aromatic carbocycles. The molecule has 3 aromatic rings. The van der Waals surface area contributed by atoms with Crippen LogP contribution >= 0.6 is 0 Å². The Labute approximate surface area is 176 Å². The maximum Gasteiger partial charge on any atom is 0.338 e. The Balaban J connectivity index is 1.55. The van der Waals surface area contributed by atoms with Gasteiger partial charge in [-0.15, -0.1) is 0 Å². The predicted molar refractivity (Wildman–Crippen MR) is 117 cm³/mol. The molecule has 0 aromatic heterocycles. The number of allylic oxidation sites excluding steroid dienone is 1. The number of ether oxygens (including phenoxy) is 3. The molecule has 4 nitrogen and oxygen atoms in total. The van der Waals surface area contributed by atoms with Crippen molar-refractivity contribution in [3.8, 4) is 11.5 Å². The van der Waals surface area contributed by atoms with Crippen LogP contribution in [0.2, 0.25) is 0 Å². The van der Waals surface area contributed by atoms with Crippen LogP contribution < -0.4 is 9.47 Å². The zero-order valence-corrected chi connectivity index (χ0v) is 17.0. The molecule has 0 radical (unpaired) electrons. The average Bonchev–Trinajstić information content (AvgIpc) is 3.25. The third kappa shape index (κ3) is 4.54. The molecular weight excluding hydrogens is 376 g/mol. The van der Waals surface area contributed by atoms with Gasteiger partial charge in [0.1, 0.15) is 18.1 Å². The predicted octanol–water partition coefficient (Wildman–Crippen LogP) is 5.24. The summed E-state index contributed by atoms with van der Waals surface area (Å²) in [5.41, 5.74) is 4.74. The van der Waals surface area contributed by atoms with Crippen molar-refractivity contribution >= 4 is 12.0 Å². The second kappa shape index (κ2) is 9.31. The van der Waals surface area contributed by atoms with Crippen molar-refractivity contribution in [2.75, 3.05) is 13.7 Å². The Hall–Kier alpha value is -3.53. The minimum absolute atomic E-state index is 0.340. The smallest absolute Gasteiger partial charge is 0.338 e. The summed E-state index contributed by atoms with van der Waals surface area (Å²) in [4.78, 5) is 12.0. The summed E-state index contributed by atoms with van der Waals surface area (Å²) in [7, 11) is 1.39. The van der Waals surface area contributed by atoms with E-state index in [1.807, 2.05) is 48.6 Å². The van der Waals surface area contributed by atoms with E-state index in [1.54, 1.807) is 6.07 Å². The van der Waals surface area contributed by atoms with Gasteiger partial charge in [-0.3, -0.25) is 0 Å². The van der Waals surface area contributed by atoms with Crippen molar-refractivity contribution in [1.82, 2.24) is 0 Å². The molecule has 0 fully saturated rings. The van der Waals surface area contributed by atoms with Crippen LogP contribution in [0.15, 0.2) is 72.8 Å². The Kier molecular flexibility index (Phi) is 6.14. The van der Waals surface area contributed by atoms with E-state index in [0.29, 0.717) is 25.2 Å². The second-order valence-corrected chi connectivity index (χ2v) is 7.13. The highest BCUT2D eigenvalue weighted by Gasteiger charge is 2.16. The molecule has 0 aliphatic carbocycles. The van der Waals surface area contributed by atoms with Crippen LogP contribution in [0.3, 0.4) is 0 Å². The van der Waals surface area contributed by atoms with Crippen molar-refractivity contribution in [1.29, 1.82) is 0 Å². The largest absolute Gasteiger partial charge is 0.493 e. The van der Waals surface area contributed by atoms with Crippen LogP contribution in [0.1, 0.15) is 32.6 Å². The Morgan fingerprint density at radius 1 is 1.07 bits per heavy atom. The normalized spacial score (nSPS) is 12.4. The molecule has 0 atom stereocenters. The van der Waals surface area contributed by atoms with Gasteiger partial charge in [0.15, 0.2) is 0 Å². The topological polar surface area (TPSA) is 44.8 Å². The lowest BCUT2D eigenvalue weighted by molar-refractivity contribution is 0.0600.